The van der Waals surface area contributed by atoms with Crippen molar-refractivity contribution >= 4 is 16.9 Å². The van der Waals surface area contributed by atoms with Crippen molar-refractivity contribution in [1.82, 2.24) is 15.3 Å². The molecule has 0 unspecified atom stereocenters. The number of aromatic amines is 1. The minimum atomic E-state index is 0.244. The third kappa shape index (κ3) is 3.43. The highest BCUT2D eigenvalue weighted by atomic mass is 16.1. The summed E-state index contributed by atoms with van der Waals surface area (Å²) in [5.74, 6) is 1.43. The number of nitrogens with zero attached hydrogens (tertiary/aromatic N) is 1. The van der Waals surface area contributed by atoms with E-state index in [-0.39, 0.29) is 11.8 Å². The van der Waals surface area contributed by atoms with Gasteiger partial charge in [-0.1, -0.05) is 25.3 Å². The smallest absolute Gasteiger partial charge is 0.223 e. The lowest BCUT2D eigenvalue weighted by molar-refractivity contribution is -0.125. The molecule has 21 heavy (non-hydrogen) atoms. The van der Waals surface area contributed by atoms with E-state index in [1.807, 2.05) is 13.0 Å². The van der Waals surface area contributed by atoms with E-state index in [4.69, 9.17) is 0 Å². The molecule has 0 aliphatic heterocycles. The standard InChI is InChI=1S/C17H23N3O/c1-12-19-15-8-7-13(11-16(15)20-12)9-10-18-17(21)14-5-3-2-4-6-14/h7-8,11,14H,2-6,9-10H2,1H3,(H,18,21)(H,19,20). The fraction of sp³-hybridized carbons (Fsp3) is 0.529. The van der Waals surface area contributed by atoms with E-state index in [9.17, 15) is 4.79 Å². The maximum absolute atomic E-state index is 12.1. The van der Waals surface area contributed by atoms with Crippen molar-refractivity contribution < 1.29 is 4.79 Å². The number of aryl methyl sites for hydroxylation is 1. The van der Waals surface area contributed by atoms with Crippen LogP contribution in [-0.4, -0.2) is 22.4 Å². The van der Waals surface area contributed by atoms with E-state index in [2.05, 4.69) is 27.4 Å². The van der Waals surface area contributed by atoms with Gasteiger partial charge < -0.3 is 10.3 Å². The molecule has 1 saturated carbocycles. The van der Waals surface area contributed by atoms with Crippen LogP contribution in [0, 0.1) is 12.8 Å². The molecule has 2 N–H and O–H groups in total. The van der Waals surface area contributed by atoms with Gasteiger partial charge in [0.15, 0.2) is 0 Å². The monoisotopic (exact) mass is 285 g/mol. The maximum atomic E-state index is 12.1. The molecule has 0 radical (unpaired) electrons. The lowest BCUT2D eigenvalue weighted by atomic mass is 9.88. The molecule has 3 rings (SSSR count). The molecule has 1 aliphatic carbocycles. The second kappa shape index (κ2) is 6.29. The Balaban J connectivity index is 1.52. The molecule has 1 heterocycles. The van der Waals surface area contributed by atoms with E-state index < -0.39 is 0 Å². The lowest BCUT2D eigenvalue weighted by Gasteiger charge is -2.20. The van der Waals surface area contributed by atoms with Crippen molar-refractivity contribution in [3.63, 3.8) is 0 Å². The van der Waals surface area contributed by atoms with Crippen LogP contribution in [0.25, 0.3) is 11.0 Å². The Kier molecular flexibility index (Phi) is 4.23. The summed E-state index contributed by atoms with van der Waals surface area (Å²) < 4.78 is 0. The summed E-state index contributed by atoms with van der Waals surface area (Å²) in [5, 5.41) is 3.09. The molecule has 1 aromatic carbocycles. The second-order valence-electron chi connectivity index (χ2n) is 6.05. The van der Waals surface area contributed by atoms with Gasteiger partial charge in [0, 0.05) is 12.5 Å². The molecular formula is C17H23N3O. The summed E-state index contributed by atoms with van der Waals surface area (Å²) in [7, 11) is 0. The van der Waals surface area contributed by atoms with Gasteiger partial charge >= 0.3 is 0 Å². The van der Waals surface area contributed by atoms with E-state index in [0.29, 0.717) is 6.54 Å². The van der Waals surface area contributed by atoms with Crippen LogP contribution in [0.1, 0.15) is 43.5 Å². The summed E-state index contributed by atoms with van der Waals surface area (Å²) in [4.78, 5) is 19.7. The zero-order valence-corrected chi connectivity index (χ0v) is 12.6. The number of hydrogen-bond acceptors (Lipinski definition) is 2. The molecule has 112 valence electrons. The first-order valence-corrected chi connectivity index (χ1v) is 7.95. The third-order valence-corrected chi connectivity index (χ3v) is 4.35. The van der Waals surface area contributed by atoms with Crippen molar-refractivity contribution in [2.45, 2.75) is 45.4 Å². The highest BCUT2D eigenvalue weighted by Crippen LogP contribution is 2.23. The van der Waals surface area contributed by atoms with Gasteiger partial charge in [-0.25, -0.2) is 4.98 Å². The van der Waals surface area contributed by atoms with Crippen molar-refractivity contribution in [2.24, 2.45) is 5.92 Å². The highest BCUT2D eigenvalue weighted by Gasteiger charge is 2.20. The first kappa shape index (κ1) is 14.1. The van der Waals surface area contributed by atoms with Crippen LogP contribution in [0.5, 0.6) is 0 Å². The quantitative estimate of drug-likeness (QED) is 0.907. The largest absolute Gasteiger partial charge is 0.356 e. The lowest BCUT2D eigenvalue weighted by Crippen LogP contribution is -2.33. The minimum Gasteiger partial charge on any atom is -0.356 e. The first-order valence-electron chi connectivity index (χ1n) is 7.95. The molecule has 1 amide bonds. The minimum absolute atomic E-state index is 0.244. The summed E-state index contributed by atoms with van der Waals surface area (Å²) in [5.41, 5.74) is 3.31. The van der Waals surface area contributed by atoms with Gasteiger partial charge in [0.25, 0.3) is 0 Å². The van der Waals surface area contributed by atoms with Crippen LogP contribution < -0.4 is 5.32 Å². The molecule has 4 nitrogen and oxygen atoms in total. The van der Waals surface area contributed by atoms with Crippen LogP contribution in [0.4, 0.5) is 0 Å². The number of aromatic nitrogens is 2. The number of H-pyrrole nitrogens is 1. The Bertz CT molecular complexity index is 626. The van der Waals surface area contributed by atoms with Crippen molar-refractivity contribution in [3.8, 4) is 0 Å². The molecule has 2 aromatic rings. The zero-order chi connectivity index (χ0) is 14.7. The average Bonchev–Trinajstić information content (AvgIpc) is 2.87. The summed E-state index contributed by atoms with van der Waals surface area (Å²) in [6.45, 7) is 2.68. The normalized spacial score (nSPS) is 16.2. The number of carbonyl (C=O) groups excluding carboxylic acids is 1. The van der Waals surface area contributed by atoms with Gasteiger partial charge in [-0.15, -0.1) is 0 Å². The second-order valence-corrected chi connectivity index (χ2v) is 6.05. The predicted octanol–water partition coefficient (Wildman–Crippen LogP) is 3.11. The Labute approximate surface area is 125 Å². The van der Waals surface area contributed by atoms with Gasteiger partial charge in [0.05, 0.1) is 11.0 Å². The van der Waals surface area contributed by atoms with Gasteiger partial charge in [-0.05, 0) is 43.9 Å². The molecular weight excluding hydrogens is 262 g/mol. The number of benzene rings is 1. The van der Waals surface area contributed by atoms with Gasteiger partial charge in [0.2, 0.25) is 5.91 Å². The SMILES string of the molecule is Cc1nc2ccc(CCNC(=O)C3CCCCC3)cc2[nH]1. The molecule has 1 aliphatic rings. The number of imidazole rings is 1. The fourth-order valence-corrected chi connectivity index (χ4v) is 3.18. The van der Waals surface area contributed by atoms with Crippen LogP contribution in [-0.2, 0) is 11.2 Å². The Morgan fingerprint density at radius 1 is 1.33 bits per heavy atom. The summed E-state index contributed by atoms with van der Waals surface area (Å²) in [6.07, 6.45) is 6.68. The maximum Gasteiger partial charge on any atom is 0.223 e. The van der Waals surface area contributed by atoms with Crippen molar-refractivity contribution in [1.29, 1.82) is 0 Å². The van der Waals surface area contributed by atoms with Crippen molar-refractivity contribution in [3.05, 3.63) is 29.6 Å². The average molecular weight is 285 g/mol. The number of hydrogen-bond donors (Lipinski definition) is 2. The van der Waals surface area contributed by atoms with Crippen molar-refractivity contribution in [2.75, 3.05) is 6.54 Å². The number of fused-ring (bicyclic) bond motifs is 1. The van der Waals surface area contributed by atoms with E-state index >= 15 is 0 Å². The molecule has 1 fully saturated rings. The molecule has 0 bridgehead atoms. The van der Waals surface area contributed by atoms with Crippen LogP contribution >= 0.6 is 0 Å². The van der Waals surface area contributed by atoms with Gasteiger partial charge in [-0.2, -0.15) is 0 Å². The number of nitrogens with one attached hydrogen (secondary N) is 2. The predicted molar refractivity (Wildman–Crippen MR) is 84.1 cm³/mol. The molecule has 0 atom stereocenters. The molecule has 1 aromatic heterocycles. The summed E-state index contributed by atoms with van der Waals surface area (Å²) in [6, 6.07) is 6.26. The van der Waals surface area contributed by atoms with Gasteiger partial charge in [-0.3, -0.25) is 4.79 Å². The topological polar surface area (TPSA) is 57.8 Å². The third-order valence-electron chi connectivity index (χ3n) is 4.35. The highest BCUT2D eigenvalue weighted by molar-refractivity contribution is 5.78. The molecule has 4 heteroatoms. The Hall–Kier alpha value is -1.84. The number of amides is 1. The first-order chi connectivity index (χ1) is 10.2. The zero-order valence-electron chi connectivity index (χ0n) is 12.6. The van der Waals surface area contributed by atoms with E-state index in [1.165, 1.54) is 24.8 Å². The summed E-state index contributed by atoms with van der Waals surface area (Å²) >= 11 is 0. The molecule has 0 spiro atoms. The van der Waals surface area contributed by atoms with Gasteiger partial charge in [0.1, 0.15) is 5.82 Å². The Morgan fingerprint density at radius 3 is 2.95 bits per heavy atom. The number of rotatable bonds is 4. The Morgan fingerprint density at radius 2 is 2.14 bits per heavy atom. The van der Waals surface area contributed by atoms with E-state index in [1.54, 1.807) is 0 Å². The van der Waals surface area contributed by atoms with Crippen LogP contribution in [0.3, 0.4) is 0 Å². The fourth-order valence-electron chi connectivity index (χ4n) is 3.18. The van der Waals surface area contributed by atoms with Crippen LogP contribution in [0.2, 0.25) is 0 Å². The van der Waals surface area contributed by atoms with Crippen LogP contribution in [0.15, 0.2) is 18.2 Å². The van der Waals surface area contributed by atoms with E-state index in [0.717, 1.165) is 36.1 Å². The molecule has 0 saturated heterocycles. The number of carbonyl (C=O) groups is 1.